The highest BCUT2D eigenvalue weighted by Crippen LogP contribution is 2.31. The Morgan fingerprint density at radius 1 is 1.34 bits per heavy atom. The van der Waals surface area contributed by atoms with Crippen molar-refractivity contribution in [2.75, 3.05) is 38.0 Å². The first kappa shape index (κ1) is 20.5. The van der Waals surface area contributed by atoms with Crippen LogP contribution in [0.25, 0.3) is 10.6 Å². The molecule has 10 nitrogen and oxygen atoms in total. The zero-order valence-corrected chi connectivity index (χ0v) is 17.0. The van der Waals surface area contributed by atoms with E-state index in [0.717, 1.165) is 11.3 Å². The maximum absolute atomic E-state index is 12.5. The van der Waals surface area contributed by atoms with Crippen LogP contribution in [0.2, 0.25) is 0 Å². The highest BCUT2D eigenvalue weighted by molar-refractivity contribution is 7.19. The lowest BCUT2D eigenvalue weighted by Gasteiger charge is -2.10. The maximum atomic E-state index is 12.5. The molecular formula is C17H15N5O5S2. The highest BCUT2D eigenvalue weighted by atomic mass is 32.1. The van der Waals surface area contributed by atoms with Crippen LogP contribution in [0.4, 0.5) is 10.8 Å². The van der Waals surface area contributed by atoms with Crippen LogP contribution in [-0.2, 0) is 4.74 Å². The third-order valence-electron chi connectivity index (χ3n) is 3.62. The second kappa shape index (κ2) is 9.28. The van der Waals surface area contributed by atoms with Crippen molar-refractivity contribution >= 4 is 39.4 Å². The lowest BCUT2D eigenvalue weighted by Crippen LogP contribution is -2.18. The molecule has 3 heterocycles. The van der Waals surface area contributed by atoms with E-state index in [0.29, 0.717) is 35.0 Å². The summed E-state index contributed by atoms with van der Waals surface area (Å²) in [6.07, 6.45) is 0. The second-order valence-corrected chi connectivity index (χ2v) is 7.16. The molecule has 0 aliphatic rings. The molecular weight excluding hydrogens is 418 g/mol. The molecule has 3 rings (SSSR count). The number of hydrogen-bond donors (Lipinski definition) is 2. The Kier molecular flexibility index (Phi) is 6.55. The molecule has 0 bridgehead atoms. The van der Waals surface area contributed by atoms with Gasteiger partial charge in [-0.3, -0.25) is 10.1 Å². The first-order valence-corrected chi connectivity index (χ1v) is 9.89. The van der Waals surface area contributed by atoms with Gasteiger partial charge in [0.05, 0.1) is 25.0 Å². The average Bonchev–Trinajstić information content (AvgIpc) is 3.36. The van der Waals surface area contributed by atoms with Gasteiger partial charge in [-0.2, -0.15) is 16.6 Å². The number of nitriles is 1. The highest BCUT2D eigenvalue weighted by Gasteiger charge is 2.19. The number of methoxy groups -OCH3 is 2. The fraction of sp³-hybridized carbons (Fsp3) is 0.235. The second-order valence-electron chi connectivity index (χ2n) is 5.44. The smallest absolute Gasteiger partial charge is 0.381 e. The molecule has 29 heavy (non-hydrogen) atoms. The number of amides is 1. The number of rotatable bonds is 8. The molecule has 0 atom stereocenters. The summed E-state index contributed by atoms with van der Waals surface area (Å²) in [6, 6.07) is 3.44. The van der Waals surface area contributed by atoms with Gasteiger partial charge in [-0.05, 0) is 0 Å². The van der Waals surface area contributed by atoms with Gasteiger partial charge in [0.15, 0.2) is 10.8 Å². The van der Waals surface area contributed by atoms with Crippen molar-refractivity contribution in [1.29, 1.82) is 5.26 Å². The summed E-state index contributed by atoms with van der Waals surface area (Å²) in [5.74, 6) is -0.939. The van der Waals surface area contributed by atoms with Gasteiger partial charge in [-0.15, -0.1) is 10.2 Å². The number of aromatic nitrogens is 2. The molecule has 0 spiro atoms. The van der Waals surface area contributed by atoms with Crippen molar-refractivity contribution in [3.63, 3.8) is 0 Å². The van der Waals surface area contributed by atoms with Crippen LogP contribution in [0, 0.1) is 11.3 Å². The first-order chi connectivity index (χ1) is 14.1. The van der Waals surface area contributed by atoms with Crippen molar-refractivity contribution < 1.29 is 18.7 Å². The van der Waals surface area contributed by atoms with Gasteiger partial charge in [0.25, 0.3) is 5.91 Å². The molecule has 0 unspecified atom stereocenters. The Balaban J connectivity index is 1.80. The number of nitrogens with one attached hydrogen (secondary N) is 2. The Bertz CT molecular complexity index is 1110. The lowest BCUT2D eigenvalue weighted by molar-refractivity contribution is 0.0991. The summed E-state index contributed by atoms with van der Waals surface area (Å²) in [4.78, 5) is 24.6. The van der Waals surface area contributed by atoms with E-state index in [1.807, 2.05) is 0 Å². The summed E-state index contributed by atoms with van der Waals surface area (Å²) in [7, 11) is 2.87. The SMILES string of the molecule is COCCNc1cc(C(=O)Nc2nnc(-c3cscc3C#N)s2)oc(=O)c1OC. The van der Waals surface area contributed by atoms with Crippen molar-refractivity contribution in [2.24, 2.45) is 0 Å². The normalized spacial score (nSPS) is 10.4. The molecule has 0 fully saturated rings. The Labute approximate surface area is 172 Å². The summed E-state index contributed by atoms with van der Waals surface area (Å²) in [5.41, 5.74) is 0.642. The number of ether oxygens (including phenoxy) is 2. The molecule has 0 radical (unpaired) electrons. The minimum Gasteiger partial charge on any atom is -0.488 e. The minimum absolute atomic E-state index is 0.0441. The van der Waals surface area contributed by atoms with Crippen LogP contribution in [-0.4, -0.2) is 43.5 Å². The van der Waals surface area contributed by atoms with E-state index in [1.165, 1.54) is 24.5 Å². The zero-order valence-electron chi connectivity index (χ0n) is 15.3. The minimum atomic E-state index is -0.796. The van der Waals surface area contributed by atoms with Gasteiger partial charge < -0.3 is 19.2 Å². The fourth-order valence-corrected chi connectivity index (χ4v) is 3.90. The van der Waals surface area contributed by atoms with Crippen LogP contribution >= 0.6 is 22.7 Å². The quantitative estimate of drug-likeness (QED) is 0.512. The van der Waals surface area contributed by atoms with Gasteiger partial charge in [0.1, 0.15) is 6.07 Å². The lowest BCUT2D eigenvalue weighted by atomic mass is 10.2. The Morgan fingerprint density at radius 2 is 2.17 bits per heavy atom. The average molecular weight is 433 g/mol. The van der Waals surface area contributed by atoms with E-state index in [-0.39, 0.29) is 16.6 Å². The topological polar surface area (TPSA) is 139 Å². The largest absolute Gasteiger partial charge is 0.488 e. The number of thiophene rings is 1. The standard InChI is InChI=1S/C17H15N5O5S2/c1-25-4-3-19-11-5-12(27-16(24)13(11)26-2)14(23)20-17-22-21-15(29-17)10-8-28-7-9(10)6-18/h5,7-8,19H,3-4H2,1-2H3,(H,20,22,23). The van der Waals surface area contributed by atoms with Gasteiger partial charge in [-0.25, -0.2) is 4.79 Å². The molecule has 3 aromatic heterocycles. The number of hydrogen-bond acceptors (Lipinski definition) is 11. The van der Waals surface area contributed by atoms with Gasteiger partial charge in [0.2, 0.25) is 10.9 Å². The predicted octanol–water partition coefficient (Wildman–Crippen LogP) is 2.41. The van der Waals surface area contributed by atoms with E-state index in [2.05, 4.69) is 26.9 Å². The van der Waals surface area contributed by atoms with E-state index in [4.69, 9.17) is 19.2 Å². The van der Waals surface area contributed by atoms with Gasteiger partial charge in [0, 0.05) is 36.0 Å². The van der Waals surface area contributed by atoms with E-state index in [9.17, 15) is 9.59 Å². The van der Waals surface area contributed by atoms with E-state index < -0.39 is 11.5 Å². The number of nitrogens with zero attached hydrogens (tertiary/aromatic N) is 3. The van der Waals surface area contributed by atoms with Crippen molar-refractivity contribution in [3.8, 4) is 22.4 Å². The molecule has 1 amide bonds. The molecule has 0 saturated carbocycles. The monoisotopic (exact) mass is 433 g/mol. The van der Waals surface area contributed by atoms with Gasteiger partial charge >= 0.3 is 5.63 Å². The molecule has 150 valence electrons. The third kappa shape index (κ3) is 4.60. The molecule has 0 aliphatic carbocycles. The molecule has 2 N–H and O–H groups in total. The number of carbonyl (C=O) groups excluding carboxylic acids is 1. The summed E-state index contributed by atoms with van der Waals surface area (Å²) < 4.78 is 15.0. The van der Waals surface area contributed by atoms with Crippen LogP contribution < -0.4 is 21.0 Å². The summed E-state index contributed by atoms with van der Waals surface area (Å²) in [6.45, 7) is 0.796. The van der Waals surface area contributed by atoms with Crippen molar-refractivity contribution in [3.05, 3.63) is 38.6 Å². The van der Waals surface area contributed by atoms with E-state index >= 15 is 0 Å². The van der Waals surface area contributed by atoms with Crippen molar-refractivity contribution in [1.82, 2.24) is 10.2 Å². The molecule has 0 aromatic carbocycles. The molecule has 12 heteroatoms. The molecule has 3 aromatic rings. The summed E-state index contributed by atoms with van der Waals surface area (Å²) in [5, 5.41) is 26.7. The summed E-state index contributed by atoms with van der Waals surface area (Å²) >= 11 is 2.47. The first-order valence-electron chi connectivity index (χ1n) is 8.13. The van der Waals surface area contributed by atoms with Crippen LogP contribution in [0.15, 0.2) is 26.0 Å². The van der Waals surface area contributed by atoms with Crippen LogP contribution in [0.5, 0.6) is 5.75 Å². The molecule has 0 saturated heterocycles. The number of anilines is 2. The van der Waals surface area contributed by atoms with Crippen LogP contribution in [0.1, 0.15) is 16.1 Å². The maximum Gasteiger partial charge on any atom is 0.381 e. The Morgan fingerprint density at radius 3 is 2.90 bits per heavy atom. The Hall–Kier alpha value is -3.27. The van der Waals surface area contributed by atoms with Crippen molar-refractivity contribution in [2.45, 2.75) is 0 Å². The van der Waals surface area contributed by atoms with E-state index in [1.54, 1.807) is 17.9 Å². The fourth-order valence-electron chi connectivity index (χ4n) is 2.30. The molecule has 0 aliphatic heterocycles. The number of carbonyl (C=O) groups is 1. The predicted molar refractivity (Wildman–Crippen MR) is 108 cm³/mol. The zero-order chi connectivity index (χ0) is 20.8. The van der Waals surface area contributed by atoms with Crippen LogP contribution in [0.3, 0.4) is 0 Å². The van der Waals surface area contributed by atoms with Gasteiger partial charge in [-0.1, -0.05) is 11.3 Å². The third-order valence-corrected chi connectivity index (χ3v) is 5.23.